The van der Waals surface area contributed by atoms with E-state index in [0.717, 1.165) is 19.0 Å². The van der Waals surface area contributed by atoms with Gasteiger partial charge in [0, 0.05) is 24.2 Å². The summed E-state index contributed by atoms with van der Waals surface area (Å²) < 4.78 is 0. The molecule has 0 bridgehead atoms. The lowest BCUT2D eigenvalue weighted by Crippen LogP contribution is -2.57. The molecule has 0 saturated carbocycles. The summed E-state index contributed by atoms with van der Waals surface area (Å²) in [5.74, 6) is 0.746. The van der Waals surface area contributed by atoms with Crippen molar-refractivity contribution in [1.29, 1.82) is 0 Å². The first-order valence-corrected chi connectivity index (χ1v) is 5.72. The van der Waals surface area contributed by atoms with Gasteiger partial charge in [-0.3, -0.25) is 4.90 Å². The van der Waals surface area contributed by atoms with Gasteiger partial charge in [-0.05, 0) is 47.1 Å². The van der Waals surface area contributed by atoms with E-state index in [4.69, 9.17) is 0 Å². The van der Waals surface area contributed by atoms with Crippen molar-refractivity contribution in [2.75, 3.05) is 19.6 Å². The molecule has 0 aromatic rings. The first-order chi connectivity index (χ1) is 6.23. The first kappa shape index (κ1) is 12.0. The maximum absolute atomic E-state index is 3.55. The third kappa shape index (κ3) is 2.71. The second-order valence-electron chi connectivity index (χ2n) is 6.33. The van der Waals surface area contributed by atoms with E-state index in [0.29, 0.717) is 0 Å². The molecule has 1 rings (SSSR count). The Bertz CT molecular complexity index is 191. The van der Waals surface area contributed by atoms with Crippen LogP contribution in [0.1, 0.15) is 41.5 Å². The Morgan fingerprint density at radius 3 is 2.36 bits per heavy atom. The molecule has 0 aromatic heterocycles. The van der Waals surface area contributed by atoms with Crippen LogP contribution in [0.2, 0.25) is 0 Å². The maximum atomic E-state index is 3.55. The molecule has 1 aliphatic heterocycles. The molecule has 0 amide bonds. The zero-order valence-electron chi connectivity index (χ0n) is 10.6. The predicted octanol–water partition coefficient (Wildman–Crippen LogP) is 2.10. The van der Waals surface area contributed by atoms with E-state index in [2.05, 4.69) is 51.8 Å². The smallest absolute Gasteiger partial charge is 0.0282 e. The van der Waals surface area contributed by atoms with Gasteiger partial charge in [-0.1, -0.05) is 6.92 Å². The normalized spacial score (nSPS) is 30.0. The average molecular weight is 198 g/mol. The highest BCUT2D eigenvalue weighted by Gasteiger charge is 2.36. The molecule has 0 spiro atoms. The monoisotopic (exact) mass is 198 g/mol. The van der Waals surface area contributed by atoms with Gasteiger partial charge < -0.3 is 5.32 Å². The van der Waals surface area contributed by atoms with Crippen LogP contribution >= 0.6 is 0 Å². The maximum Gasteiger partial charge on any atom is 0.0282 e. The highest BCUT2D eigenvalue weighted by atomic mass is 15.3. The van der Waals surface area contributed by atoms with Gasteiger partial charge in [-0.15, -0.1) is 0 Å². The fourth-order valence-corrected chi connectivity index (χ4v) is 2.53. The van der Waals surface area contributed by atoms with E-state index in [1.54, 1.807) is 0 Å². The van der Waals surface area contributed by atoms with Crippen LogP contribution in [0.3, 0.4) is 0 Å². The standard InChI is InChI=1S/C12H26N2/c1-10-7-13-9-12(5,6)14(8-10)11(2,3)4/h10,13H,7-9H2,1-6H3. The number of hydrogen-bond donors (Lipinski definition) is 1. The summed E-state index contributed by atoms with van der Waals surface area (Å²) in [4.78, 5) is 2.63. The molecule has 1 unspecified atom stereocenters. The van der Waals surface area contributed by atoms with E-state index in [1.165, 1.54) is 6.54 Å². The minimum absolute atomic E-state index is 0.267. The van der Waals surface area contributed by atoms with Crippen molar-refractivity contribution in [3.63, 3.8) is 0 Å². The fraction of sp³-hybridized carbons (Fsp3) is 1.00. The van der Waals surface area contributed by atoms with Crippen LogP contribution < -0.4 is 5.32 Å². The number of nitrogens with zero attached hydrogens (tertiary/aromatic N) is 1. The Hall–Kier alpha value is -0.0800. The second kappa shape index (κ2) is 3.82. The van der Waals surface area contributed by atoms with Crippen molar-refractivity contribution in [1.82, 2.24) is 10.2 Å². The van der Waals surface area contributed by atoms with Crippen molar-refractivity contribution in [3.05, 3.63) is 0 Å². The molecule has 2 heteroatoms. The van der Waals surface area contributed by atoms with Crippen LogP contribution in [0.4, 0.5) is 0 Å². The first-order valence-electron chi connectivity index (χ1n) is 5.72. The largest absolute Gasteiger partial charge is 0.315 e. The van der Waals surface area contributed by atoms with Crippen molar-refractivity contribution in [2.24, 2.45) is 5.92 Å². The van der Waals surface area contributed by atoms with E-state index < -0.39 is 0 Å². The van der Waals surface area contributed by atoms with Gasteiger partial charge in [0.05, 0.1) is 0 Å². The predicted molar refractivity (Wildman–Crippen MR) is 62.6 cm³/mol. The Balaban J connectivity index is 2.85. The average Bonchev–Trinajstić information content (AvgIpc) is 2.08. The molecule has 1 aliphatic rings. The van der Waals surface area contributed by atoms with Gasteiger partial charge in [-0.2, -0.15) is 0 Å². The summed E-state index contributed by atoms with van der Waals surface area (Å²) >= 11 is 0. The molecule has 1 N–H and O–H groups in total. The number of nitrogens with one attached hydrogen (secondary N) is 1. The lowest BCUT2D eigenvalue weighted by Gasteiger charge is -2.46. The van der Waals surface area contributed by atoms with Gasteiger partial charge in [-0.25, -0.2) is 0 Å². The van der Waals surface area contributed by atoms with Crippen LogP contribution in [-0.2, 0) is 0 Å². The van der Waals surface area contributed by atoms with Crippen LogP contribution in [0.5, 0.6) is 0 Å². The molecular formula is C12H26N2. The highest BCUT2D eigenvalue weighted by Crippen LogP contribution is 2.27. The van der Waals surface area contributed by atoms with E-state index in [9.17, 15) is 0 Å². The lowest BCUT2D eigenvalue weighted by atomic mass is 9.94. The Morgan fingerprint density at radius 1 is 1.29 bits per heavy atom. The van der Waals surface area contributed by atoms with Crippen molar-refractivity contribution in [2.45, 2.75) is 52.6 Å². The molecular weight excluding hydrogens is 172 g/mol. The van der Waals surface area contributed by atoms with E-state index in [-0.39, 0.29) is 11.1 Å². The number of rotatable bonds is 0. The zero-order chi connectivity index (χ0) is 11.0. The van der Waals surface area contributed by atoms with Crippen LogP contribution in [0.25, 0.3) is 0 Å². The van der Waals surface area contributed by atoms with E-state index in [1.807, 2.05) is 0 Å². The third-order valence-electron chi connectivity index (χ3n) is 3.09. The number of hydrogen-bond acceptors (Lipinski definition) is 2. The van der Waals surface area contributed by atoms with Crippen LogP contribution in [0, 0.1) is 5.92 Å². The zero-order valence-corrected chi connectivity index (χ0v) is 10.6. The van der Waals surface area contributed by atoms with Crippen LogP contribution in [0.15, 0.2) is 0 Å². The summed E-state index contributed by atoms with van der Waals surface area (Å²) in [7, 11) is 0. The summed E-state index contributed by atoms with van der Waals surface area (Å²) in [6.45, 7) is 17.4. The summed E-state index contributed by atoms with van der Waals surface area (Å²) in [6.07, 6.45) is 0. The molecule has 0 radical (unpaired) electrons. The van der Waals surface area contributed by atoms with Gasteiger partial charge in [0.15, 0.2) is 0 Å². The topological polar surface area (TPSA) is 15.3 Å². The third-order valence-corrected chi connectivity index (χ3v) is 3.09. The summed E-state index contributed by atoms with van der Waals surface area (Å²) in [5, 5.41) is 3.55. The Kier molecular flexibility index (Phi) is 3.27. The van der Waals surface area contributed by atoms with Gasteiger partial charge >= 0.3 is 0 Å². The van der Waals surface area contributed by atoms with Gasteiger partial charge in [0.2, 0.25) is 0 Å². The van der Waals surface area contributed by atoms with Gasteiger partial charge in [0.25, 0.3) is 0 Å². The SMILES string of the molecule is CC1CNCC(C)(C)N(C(C)(C)C)C1. The minimum atomic E-state index is 0.267. The highest BCUT2D eigenvalue weighted by molar-refractivity contribution is 4.94. The Labute approximate surface area is 89.1 Å². The van der Waals surface area contributed by atoms with Crippen LogP contribution in [-0.4, -0.2) is 35.6 Å². The fourth-order valence-electron chi connectivity index (χ4n) is 2.53. The lowest BCUT2D eigenvalue weighted by molar-refractivity contribution is 0.0288. The van der Waals surface area contributed by atoms with Crippen molar-refractivity contribution >= 4 is 0 Å². The Morgan fingerprint density at radius 2 is 1.86 bits per heavy atom. The van der Waals surface area contributed by atoms with E-state index >= 15 is 0 Å². The molecule has 1 saturated heterocycles. The molecule has 0 aromatic carbocycles. The summed E-state index contributed by atoms with van der Waals surface area (Å²) in [6, 6.07) is 0. The van der Waals surface area contributed by atoms with Gasteiger partial charge in [0.1, 0.15) is 0 Å². The minimum Gasteiger partial charge on any atom is -0.315 e. The molecule has 84 valence electrons. The molecule has 0 aliphatic carbocycles. The molecule has 2 nitrogen and oxygen atoms in total. The van der Waals surface area contributed by atoms with Crippen molar-refractivity contribution in [3.8, 4) is 0 Å². The summed E-state index contributed by atoms with van der Waals surface area (Å²) in [5.41, 5.74) is 0.535. The van der Waals surface area contributed by atoms with Crippen molar-refractivity contribution < 1.29 is 0 Å². The quantitative estimate of drug-likeness (QED) is 0.641. The molecule has 1 fully saturated rings. The molecule has 1 atom stereocenters. The molecule has 14 heavy (non-hydrogen) atoms. The molecule has 1 heterocycles. The second-order valence-corrected chi connectivity index (χ2v) is 6.33.